The number of rotatable bonds is 5. The Morgan fingerprint density at radius 1 is 1.14 bits per heavy atom. The Labute approximate surface area is 177 Å². The van der Waals surface area contributed by atoms with Crippen molar-refractivity contribution in [1.29, 1.82) is 0 Å². The second-order valence-electron chi connectivity index (χ2n) is 9.10. The largest absolute Gasteiger partial charge is 0.340 e. The van der Waals surface area contributed by atoms with Crippen LogP contribution >= 0.6 is 11.3 Å². The fraction of sp³-hybridized carbons (Fsp3) is 0.636. The van der Waals surface area contributed by atoms with Gasteiger partial charge >= 0.3 is 0 Å². The third kappa shape index (κ3) is 4.13. The van der Waals surface area contributed by atoms with Gasteiger partial charge in [0, 0.05) is 68.9 Å². The van der Waals surface area contributed by atoms with Gasteiger partial charge in [-0.3, -0.25) is 19.3 Å². The Morgan fingerprint density at radius 3 is 2.55 bits per heavy atom. The highest BCUT2D eigenvalue weighted by Gasteiger charge is 2.59. The van der Waals surface area contributed by atoms with Crippen LogP contribution in [0, 0.1) is 11.3 Å². The van der Waals surface area contributed by atoms with Crippen LogP contribution in [0.3, 0.4) is 0 Å². The number of amides is 1. The van der Waals surface area contributed by atoms with Crippen LogP contribution < -0.4 is 0 Å². The summed E-state index contributed by atoms with van der Waals surface area (Å²) in [6.07, 6.45) is 7.52. The summed E-state index contributed by atoms with van der Waals surface area (Å²) >= 11 is 1.82. The van der Waals surface area contributed by atoms with Crippen molar-refractivity contribution in [1.82, 2.24) is 24.5 Å². The molecule has 6 nitrogen and oxygen atoms in total. The Balaban J connectivity index is 1.08. The number of likely N-dealkylation sites (tertiary alicyclic amines) is 1. The maximum atomic E-state index is 13.1. The zero-order chi connectivity index (χ0) is 19.8. The fourth-order valence-electron chi connectivity index (χ4n) is 5.19. The lowest BCUT2D eigenvalue weighted by molar-refractivity contribution is -0.135. The van der Waals surface area contributed by atoms with Gasteiger partial charge in [-0.1, -0.05) is 6.07 Å². The van der Waals surface area contributed by atoms with Gasteiger partial charge in [0.15, 0.2) is 0 Å². The number of piperidine rings is 1. The summed E-state index contributed by atoms with van der Waals surface area (Å²) in [6, 6.07) is 4.32. The summed E-state index contributed by atoms with van der Waals surface area (Å²) < 4.78 is 1.87. The molecule has 7 heteroatoms. The van der Waals surface area contributed by atoms with Gasteiger partial charge in [-0.15, -0.1) is 11.3 Å². The summed E-state index contributed by atoms with van der Waals surface area (Å²) in [7, 11) is 1.97. The van der Waals surface area contributed by atoms with Crippen LogP contribution in [-0.2, 0) is 24.9 Å². The molecule has 0 radical (unpaired) electrons. The van der Waals surface area contributed by atoms with Crippen LogP contribution in [0.4, 0.5) is 0 Å². The predicted octanol–water partition coefficient (Wildman–Crippen LogP) is 2.43. The number of thiophene rings is 1. The van der Waals surface area contributed by atoms with E-state index >= 15 is 0 Å². The molecule has 3 aliphatic rings. The van der Waals surface area contributed by atoms with Gasteiger partial charge in [0.1, 0.15) is 0 Å². The first kappa shape index (κ1) is 19.3. The minimum absolute atomic E-state index is 0.284. The van der Waals surface area contributed by atoms with Crippen molar-refractivity contribution >= 4 is 17.2 Å². The van der Waals surface area contributed by atoms with Crippen molar-refractivity contribution in [3.05, 3.63) is 40.3 Å². The first-order chi connectivity index (χ1) is 14.1. The molecule has 1 saturated carbocycles. The van der Waals surface area contributed by atoms with Crippen LogP contribution in [-0.4, -0.2) is 69.7 Å². The van der Waals surface area contributed by atoms with E-state index in [-0.39, 0.29) is 5.92 Å². The van der Waals surface area contributed by atoms with E-state index in [1.165, 1.54) is 23.3 Å². The average molecular weight is 414 g/mol. The minimum Gasteiger partial charge on any atom is -0.340 e. The van der Waals surface area contributed by atoms with E-state index in [4.69, 9.17) is 0 Å². The first-order valence-electron chi connectivity index (χ1n) is 10.8. The topological polar surface area (TPSA) is 44.6 Å². The average Bonchev–Trinajstić information content (AvgIpc) is 3.04. The van der Waals surface area contributed by atoms with Crippen LogP contribution in [0.1, 0.15) is 29.7 Å². The number of hydrogen-bond donors (Lipinski definition) is 0. The van der Waals surface area contributed by atoms with E-state index in [0.29, 0.717) is 11.3 Å². The molecule has 2 aromatic rings. The van der Waals surface area contributed by atoms with Crippen LogP contribution in [0.5, 0.6) is 0 Å². The zero-order valence-corrected chi connectivity index (χ0v) is 18.1. The first-order valence-corrected chi connectivity index (χ1v) is 11.7. The third-order valence-corrected chi connectivity index (χ3v) is 8.01. The van der Waals surface area contributed by atoms with Crippen molar-refractivity contribution in [2.45, 2.75) is 32.4 Å². The highest BCUT2D eigenvalue weighted by molar-refractivity contribution is 7.09. The highest BCUT2D eigenvalue weighted by Crippen LogP contribution is 2.60. The molecule has 3 fully saturated rings. The SMILES string of the molecule is Cn1cc(CN2CCC3(CC2)CC3C(=O)N2CCN(Cc3cccs3)CC2)cn1. The predicted molar refractivity (Wildman–Crippen MR) is 114 cm³/mol. The molecule has 2 saturated heterocycles. The molecule has 29 heavy (non-hydrogen) atoms. The number of hydrogen-bond acceptors (Lipinski definition) is 5. The number of piperazine rings is 1. The Hall–Kier alpha value is -1.70. The summed E-state index contributed by atoms with van der Waals surface area (Å²) in [5.74, 6) is 0.716. The number of aryl methyl sites for hydroxylation is 1. The lowest BCUT2D eigenvalue weighted by Crippen LogP contribution is -2.49. The number of aromatic nitrogens is 2. The van der Waals surface area contributed by atoms with Gasteiger partial charge in [-0.25, -0.2) is 0 Å². The zero-order valence-electron chi connectivity index (χ0n) is 17.3. The molecule has 1 aliphatic carbocycles. The molecule has 1 atom stereocenters. The van der Waals surface area contributed by atoms with Gasteiger partial charge in [0.05, 0.1) is 6.20 Å². The summed E-state index contributed by atoms with van der Waals surface area (Å²) in [5.41, 5.74) is 1.59. The van der Waals surface area contributed by atoms with E-state index < -0.39 is 0 Å². The van der Waals surface area contributed by atoms with Crippen molar-refractivity contribution in [3.63, 3.8) is 0 Å². The monoisotopic (exact) mass is 413 g/mol. The fourth-order valence-corrected chi connectivity index (χ4v) is 5.93. The molecule has 0 aromatic carbocycles. The van der Waals surface area contributed by atoms with E-state index in [2.05, 4.69) is 43.5 Å². The second-order valence-corrected chi connectivity index (χ2v) is 10.1. The van der Waals surface area contributed by atoms with Crippen LogP contribution in [0.25, 0.3) is 0 Å². The molecular weight excluding hydrogens is 382 g/mol. The van der Waals surface area contributed by atoms with Gasteiger partial charge in [0.25, 0.3) is 0 Å². The van der Waals surface area contributed by atoms with Crippen LogP contribution in [0.15, 0.2) is 29.9 Å². The van der Waals surface area contributed by atoms with Crippen molar-refractivity contribution in [2.75, 3.05) is 39.3 Å². The molecular formula is C22H31N5OS. The highest BCUT2D eigenvalue weighted by atomic mass is 32.1. The maximum absolute atomic E-state index is 13.1. The number of nitrogens with zero attached hydrogens (tertiary/aromatic N) is 5. The van der Waals surface area contributed by atoms with Gasteiger partial charge in [0.2, 0.25) is 5.91 Å². The maximum Gasteiger partial charge on any atom is 0.226 e. The van der Waals surface area contributed by atoms with Crippen molar-refractivity contribution in [3.8, 4) is 0 Å². The van der Waals surface area contributed by atoms with E-state index in [0.717, 1.165) is 58.8 Å². The van der Waals surface area contributed by atoms with E-state index in [9.17, 15) is 4.79 Å². The molecule has 156 valence electrons. The smallest absolute Gasteiger partial charge is 0.226 e. The van der Waals surface area contributed by atoms with Crippen molar-refractivity contribution < 1.29 is 4.79 Å². The van der Waals surface area contributed by atoms with E-state index in [1.54, 1.807) is 0 Å². The minimum atomic E-state index is 0.284. The lowest BCUT2D eigenvalue weighted by Gasteiger charge is -2.36. The Morgan fingerprint density at radius 2 is 1.90 bits per heavy atom. The quantitative estimate of drug-likeness (QED) is 0.755. The second kappa shape index (κ2) is 7.85. The molecule has 0 N–H and O–H groups in total. The molecule has 1 unspecified atom stereocenters. The lowest BCUT2D eigenvalue weighted by atomic mass is 9.90. The molecule has 4 heterocycles. The molecule has 2 aromatic heterocycles. The number of carbonyl (C=O) groups excluding carboxylic acids is 1. The normalized spacial score (nSPS) is 24.9. The van der Waals surface area contributed by atoms with Crippen molar-refractivity contribution in [2.24, 2.45) is 18.4 Å². The Kier molecular flexibility index (Phi) is 5.22. The standard InChI is InChI=1S/C22H31N5OS/c1-24-15-18(14-23-24)16-25-6-4-22(5-7-25)13-20(22)21(28)27-10-8-26(9-11-27)17-19-3-2-12-29-19/h2-3,12,14-15,20H,4-11,13,16-17H2,1H3. The van der Waals surface area contributed by atoms with Gasteiger partial charge < -0.3 is 4.90 Å². The van der Waals surface area contributed by atoms with Crippen LogP contribution in [0.2, 0.25) is 0 Å². The van der Waals surface area contributed by atoms with Gasteiger partial charge in [-0.05, 0) is 49.2 Å². The summed E-state index contributed by atoms with van der Waals surface area (Å²) in [6.45, 7) is 8.01. The molecule has 2 aliphatic heterocycles. The van der Waals surface area contributed by atoms with Gasteiger partial charge in [-0.2, -0.15) is 5.10 Å². The number of carbonyl (C=O) groups is 1. The Bertz CT molecular complexity index is 831. The third-order valence-electron chi connectivity index (χ3n) is 7.15. The molecule has 1 amide bonds. The molecule has 0 bridgehead atoms. The summed E-state index contributed by atoms with van der Waals surface area (Å²) in [4.78, 5) is 21.7. The van der Waals surface area contributed by atoms with E-state index in [1.807, 2.05) is 29.3 Å². The summed E-state index contributed by atoms with van der Waals surface area (Å²) in [5, 5.41) is 6.42. The molecule has 1 spiro atoms. The molecule has 5 rings (SSSR count).